The van der Waals surface area contributed by atoms with E-state index in [1.165, 1.54) is 0 Å². The summed E-state index contributed by atoms with van der Waals surface area (Å²) >= 11 is 12.6. The molecule has 2 atom stereocenters. The molecule has 1 aromatic heterocycles. The average molecular weight is 630 g/mol. The molecule has 2 unspecified atom stereocenters. The molecule has 4 N–H and O–H groups in total. The van der Waals surface area contributed by atoms with E-state index in [-0.39, 0.29) is 30.5 Å². The van der Waals surface area contributed by atoms with E-state index in [0.717, 1.165) is 48.4 Å². The lowest BCUT2D eigenvalue weighted by Gasteiger charge is -2.19. The van der Waals surface area contributed by atoms with E-state index in [1.807, 2.05) is 13.8 Å². The minimum atomic E-state index is -1.45. The molecule has 0 bridgehead atoms. The average Bonchev–Trinajstić information content (AvgIpc) is 3.64. The molecule has 2 aliphatic heterocycles. The number of aromatic nitrogens is 1. The van der Waals surface area contributed by atoms with Crippen LogP contribution in [0.25, 0.3) is 11.6 Å². The van der Waals surface area contributed by atoms with Crippen LogP contribution < -0.4 is 10.6 Å². The maximum absolute atomic E-state index is 13.3. The van der Waals surface area contributed by atoms with Crippen molar-refractivity contribution in [3.63, 3.8) is 0 Å². The summed E-state index contributed by atoms with van der Waals surface area (Å²) in [7, 11) is -1.45. The molecule has 0 spiro atoms. The number of hydrogen-bond donors (Lipinski definition) is 4. The first kappa shape index (κ1) is 30.5. The number of anilines is 1. The second kappa shape index (κ2) is 13.1. The molecule has 42 heavy (non-hydrogen) atoms. The summed E-state index contributed by atoms with van der Waals surface area (Å²) in [6.45, 7) is 6.55. The Morgan fingerprint density at radius 2 is 1.86 bits per heavy atom. The zero-order valence-electron chi connectivity index (χ0n) is 23.6. The first-order chi connectivity index (χ1) is 20.1. The van der Waals surface area contributed by atoms with Gasteiger partial charge in [0.25, 0.3) is 5.91 Å². The Labute approximate surface area is 257 Å². The molecule has 11 heteroatoms. The molecule has 1 fully saturated rings. The molecule has 5 rings (SSSR count). The fraction of sp³-hybridized carbons (Fsp3) is 0.355. The van der Waals surface area contributed by atoms with E-state index in [2.05, 4.69) is 20.5 Å². The van der Waals surface area contributed by atoms with Crippen molar-refractivity contribution in [2.45, 2.75) is 49.9 Å². The topological polar surface area (TPSA) is 115 Å². The SMILES string of the molecule is Cc1[nH]c(/C=C2\C(=O)Nc3ccc(S(=O)Cc4c(Cl)cccc4Cl)cc32)c(C)c1CC(=O)NCC(O)CN1CCCC1. The normalized spacial score (nSPS) is 17.4. The van der Waals surface area contributed by atoms with E-state index in [1.54, 1.807) is 42.5 Å². The van der Waals surface area contributed by atoms with Gasteiger partial charge in [0.1, 0.15) is 0 Å². The highest BCUT2D eigenvalue weighted by molar-refractivity contribution is 7.84. The number of nitrogens with one attached hydrogen (secondary N) is 3. The first-order valence-electron chi connectivity index (χ1n) is 13.9. The number of carbonyl (C=O) groups excluding carboxylic acids is 2. The van der Waals surface area contributed by atoms with Gasteiger partial charge in [-0.3, -0.25) is 13.8 Å². The number of benzene rings is 2. The molecule has 2 amide bonds. The molecular formula is C31H34Cl2N4O4S. The van der Waals surface area contributed by atoms with Gasteiger partial charge in [0.2, 0.25) is 5.91 Å². The Hall–Kier alpha value is -2.95. The van der Waals surface area contributed by atoms with Crippen molar-refractivity contribution in [1.82, 2.24) is 15.2 Å². The van der Waals surface area contributed by atoms with Gasteiger partial charge in [0.15, 0.2) is 0 Å². The second-order valence-electron chi connectivity index (χ2n) is 10.8. The zero-order valence-corrected chi connectivity index (χ0v) is 25.9. The highest BCUT2D eigenvalue weighted by atomic mass is 35.5. The third kappa shape index (κ3) is 6.82. The van der Waals surface area contributed by atoms with Gasteiger partial charge in [-0.05, 0) is 87.3 Å². The summed E-state index contributed by atoms with van der Waals surface area (Å²) in [5.74, 6) is -0.289. The number of halogens is 2. The third-order valence-electron chi connectivity index (χ3n) is 7.83. The number of aliphatic hydroxyl groups is 1. The lowest BCUT2D eigenvalue weighted by molar-refractivity contribution is -0.121. The molecule has 8 nitrogen and oxygen atoms in total. The number of rotatable bonds is 10. The largest absolute Gasteiger partial charge is 0.390 e. The van der Waals surface area contributed by atoms with Crippen LogP contribution in [0.2, 0.25) is 10.0 Å². The van der Waals surface area contributed by atoms with Crippen LogP contribution >= 0.6 is 23.2 Å². The second-order valence-corrected chi connectivity index (χ2v) is 13.1. The fourth-order valence-electron chi connectivity index (χ4n) is 5.49. The van der Waals surface area contributed by atoms with Crippen LogP contribution in [0, 0.1) is 13.8 Å². The van der Waals surface area contributed by atoms with Gasteiger partial charge in [-0.25, -0.2) is 0 Å². The van der Waals surface area contributed by atoms with E-state index in [0.29, 0.717) is 43.9 Å². The maximum Gasteiger partial charge on any atom is 0.256 e. The van der Waals surface area contributed by atoms with Gasteiger partial charge >= 0.3 is 0 Å². The predicted molar refractivity (Wildman–Crippen MR) is 168 cm³/mol. The molecule has 3 heterocycles. The van der Waals surface area contributed by atoms with Crippen LogP contribution in [0.3, 0.4) is 0 Å². The van der Waals surface area contributed by atoms with Gasteiger partial charge < -0.3 is 25.6 Å². The fourth-order valence-corrected chi connectivity index (χ4v) is 7.39. The molecule has 222 valence electrons. The summed E-state index contributed by atoms with van der Waals surface area (Å²) in [6, 6.07) is 10.4. The number of aromatic amines is 1. The number of H-pyrrole nitrogens is 1. The highest BCUT2D eigenvalue weighted by Crippen LogP contribution is 2.36. The number of amides is 2. The highest BCUT2D eigenvalue weighted by Gasteiger charge is 2.27. The van der Waals surface area contributed by atoms with Crippen molar-refractivity contribution in [3.8, 4) is 0 Å². The quantitative estimate of drug-likeness (QED) is 0.240. The minimum absolute atomic E-state index is 0.146. The van der Waals surface area contributed by atoms with Crippen LogP contribution in [0.15, 0.2) is 41.3 Å². The van der Waals surface area contributed by atoms with Crippen molar-refractivity contribution in [1.29, 1.82) is 0 Å². The molecule has 1 saturated heterocycles. The lowest BCUT2D eigenvalue weighted by atomic mass is 10.0. The van der Waals surface area contributed by atoms with E-state index >= 15 is 0 Å². The Morgan fingerprint density at radius 3 is 2.57 bits per heavy atom. The Morgan fingerprint density at radius 1 is 1.14 bits per heavy atom. The number of likely N-dealkylation sites (tertiary alicyclic amines) is 1. The number of fused-ring (bicyclic) bond motifs is 1. The first-order valence-corrected chi connectivity index (χ1v) is 16.0. The number of β-amino-alcohol motifs (C(OH)–C–C–N with tert-alkyl or cyclic N) is 1. The Balaban J connectivity index is 1.30. The number of carbonyl (C=O) groups is 2. The van der Waals surface area contributed by atoms with Crippen LogP contribution in [0.4, 0.5) is 5.69 Å². The van der Waals surface area contributed by atoms with Crippen molar-refractivity contribution in [2.75, 3.05) is 31.5 Å². The summed E-state index contributed by atoms with van der Waals surface area (Å²) < 4.78 is 13.3. The summed E-state index contributed by atoms with van der Waals surface area (Å²) in [5.41, 5.74) is 5.59. The molecule has 0 aliphatic carbocycles. The molecule has 0 saturated carbocycles. The third-order valence-corrected chi connectivity index (χ3v) is 9.87. The minimum Gasteiger partial charge on any atom is -0.390 e. The van der Waals surface area contributed by atoms with E-state index < -0.39 is 16.9 Å². The summed E-state index contributed by atoms with van der Waals surface area (Å²) in [5, 5.41) is 16.9. The van der Waals surface area contributed by atoms with Crippen LogP contribution in [0.5, 0.6) is 0 Å². The van der Waals surface area contributed by atoms with Gasteiger partial charge in [0, 0.05) is 56.2 Å². The van der Waals surface area contributed by atoms with Crippen molar-refractivity contribution in [2.24, 2.45) is 0 Å². The van der Waals surface area contributed by atoms with E-state index in [4.69, 9.17) is 23.2 Å². The standard InChI is InChI=1S/C31H34Cl2N4O4S/c1-18-22(14-30(39)34-15-20(38)16-37-10-3-4-11-37)19(2)35-29(18)13-24-23-12-21(8-9-28(23)36-31(24)40)42(41)17-25-26(32)6-5-7-27(25)33/h5-9,12-13,20,35,38H,3-4,10-11,14-17H2,1-2H3,(H,34,39)(H,36,40)/b24-13-. The monoisotopic (exact) mass is 628 g/mol. The number of aliphatic hydroxyl groups excluding tert-OH is 1. The Kier molecular flexibility index (Phi) is 9.54. The van der Waals surface area contributed by atoms with Crippen LogP contribution in [-0.4, -0.2) is 63.3 Å². The van der Waals surface area contributed by atoms with Gasteiger partial charge in [0.05, 0.1) is 34.7 Å². The van der Waals surface area contributed by atoms with Crippen molar-refractivity contribution >= 4 is 63.2 Å². The van der Waals surface area contributed by atoms with Crippen molar-refractivity contribution < 1.29 is 18.9 Å². The van der Waals surface area contributed by atoms with Crippen molar-refractivity contribution in [3.05, 3.63) is 80.1 Å². The molecule has 0 radical (unpaired) electrons. The van der Waals surface area contributed by atoms with Gasteiger partial charge in [-0.2, -0.15) is 0 Å². The summed E-state index contributed by atoms with van der Waals surface area (Å²) in [6.07, 6.45) is 3.61. The smallest absolute Gasteiger partial charge is 0.256 e. The zero-order chi connectivity index (χ0) is 30.0. The predicted octanol–water partition coefficient (Wildman–Crippen LogP) is 4.85. The van der Waals surface area contributed by atoms with Crippen LogP contribution in [-0.2, 0) is 32.6 Å². The lowest BCUT2D eigenvalue weighted by Crippen LogP contribution is -2.39. The summed E-state index contributed by atoms with van der Waals surface area (Å²) in [4.78, 5) is 31.8. The van der Waals surface area contributed by atoms with E-state index in [9.17, 15) is 18.9 Å². The molecule has 2 aliphatic rings. The van der Waals surface area contributed by atoms with Gasteiger partial charge in [-0.15, -0.1) is 0 Å². The number of aryl methyl sites for hydroxylation is 1. The molecular weight excluding hydrogens is 595 g/mol. The van der Waals surface area contributed by atoms with Gasteiger partial charge in [-0.1, -0.05) is 29.3 Å². The number of hydrogen-bond acceptors (Lipinski definition) is 5. The Bertz CT molecular complexity index is 1560. The maximum atomic E-state index is 13.3. The molecule has 3 aromatic rings. The van der Waals surface area contributed by atoms with Crippen LogP contribution in [0.1, 0.15) is 46.5 Å². The molecule has 2 aromatic carbocycles. The number of nitrogens with zero attached hydrogens (tertiary/aromatic N) is 1.